The first-order valence-electron chi connectivity index (χ1n) is 5.97. The van der Waals surface area contributed by atoms with Crippen molar-refractivity contribution in [2.45, 2.75) is 13.1 Å². The first-order chi connectivity index (χ1) is 9.82. The molecular weight excluding hydrogens is 354 g/mol. The lowest BCUT2D eigenvalue weighted by Crippen LogP contribution is -2.12. The summed E-state index contributed by atoms with van der Waals surface area (Å²) in [5, 5.41) is 2.61. The second kappa shape index (κ2) is 5.97. The second-order valence-electron chi connectivity index (χ2n) is 4.09. The summed E-state index contributed by atoms with van der Waals surface area (Å²) < 4.78 is 52.8. The zero-order chi connectivity index (χ0) is 15.6. The highest BCUT2D eigenvalue weighted by Gasteiger charge is 2.34. The number of nitrogens with zero attached hydrogens (tertiary/aromatic N) is 2. The van der Waals surface area contributed by atoms with Gasteiger partial charge < -0.3 is 5.32 Å². The number of benzene rings is 1. The number of aromatic nitrogens is 2. The minimum atomic E-state index is -4.63. The van der Waals surface area contributed by atoms with E-state index in [2.05, 4.69) is 31.2 Å². The summed E-state index contributed by atoms with van der Waals surface area (Å²) in [7, 11) is 0. The van der Waals surface area contributed by atoms with Crippen LogP contribution in [0.3, 0.4) is 0 Å². The summed E-state index contributed by atoms with van der Waals surface area (Å²) in [6, 6.07) is 5.06. The summed E-state index contributed by atoms with van der Waals surface area (Å²) in [6.45, 7) is 2.05. The van der Waals surface area contributed by atoms with E-state index < -0.39 is 17.7 Å². The van der Waals surface area contributed by atoms with Gasteiger partial charge in [-0.2, -0.15) is 13.2 Å². The summed E-state index contributed by atoms with van der Waals surface area (Å²) in [6.07, 6.45) is -4.63. The van der Waals surface area contributed by atoms with Gasteiger partial charge >= 0.3 is 6.18 Å². The molecule has 0 atom stereocenters. The van der Waals surface area contributed by atoms with Crippen molar-refractivity contribution in [2.75, 3.05) is 11.9 Å². The Hall–Kier alpha value is -1.70. The standard InChI is InChI=1S/C13H10BrF4N3/c1-2-19-12-20-9(6-10(21-12)13(16,17)18)7-4-3-5-8(14)11(7)15/h3-6H,2H2,1H3,(H,19,20,21). The Balaban J connectivity index is 2.62. The van der Waals surface area contributed by atoms with Crippen molar-refractivity contribution in [3.05, 3.63) is 40.2 Å². The normalized spacial score (nSPS) is 11.5. The Kier molecular flexibility index (Phi) is 4.46. The van der Waals surface area contributed by atoms with Crippen LogP contribution < -0.4 is 5.32 Å². The van der Waals surface area contributed by atoms with E-state index in [1.54, 1.807) is 6.92 Å². The lowest BCUT2D eigenvalue weighted by Gasteiger charge is -2.11. The van der Waals surface area contributed by atoms with Gasteiger partial charge in [0.2, 0.25) is 5.95 Å². The van der Waals surface area contributed by atoms with Gasteiger partial charge in [-0.1, -0.05) is 6.07 Å². The van der Waals surface area contributed by atoms with Gasteiger partial charge in [0.25, 0.3) is 0 Å². The third kappa shape index (κ3) is 3.49. The van der Waals surface area contributed by atoms with Crippen LogP contribution in [-0.2, 0) is 6.18 Å². The van der Waals surface area contributed by atoms with E-state index in [0.29, 0.717) is 6.54 Å². The molecule has 1 N–H and O–H groups in total. The fraction of sp³-hybridized carbons (Fsp3) is 0.231. The topological polar surface area (TPSA) is 37.8 Å². The van der Waals surface area contributed by atoms with Crippen LogP contribution in [0.1, 0.15) is 12.6 Å². The van der Waals surface area contributed by atoms with Gasteiger partial charge in [-0.3, -0.25) is 0 Å². The Bertz CT molecular complexity index is 658. The van der Waals surface area contributed by atoms with Crippen molar-refractivity contribution < 1.29 is 17.6 Å². The number of halogens is 5. The molecule has 3 nitrogen and oxygen atoms in total. The van der Waals surface area contributed by atoms with Gasteiger partial charge in [0.05, 0.1) is 10.2 Å². The first kappa shape index (κ1) is 15.7. The van der Waals surface area contributed by atoms with E-state index in [4.69, 9.17) is 0 Å². The van der Waals surface area contributed by atoms with Gasteiger partial charge in [-0.15, -0.1) is 0 Å². The molecule has 0 unspecified atom stereocenters. The SMILES string of the molecule is CCNc1nc(-c2cccc(Br)c2F)cc(C(F)(F)F)n1. The van der Waals surface area contributed by atoms with Crippen molar-refractivity contribution in [3.8, 4) is 11.3 Å². The van der Waals surface area contributed by atoms with Crippen molar-refractivity contribution in [2.24, 2.45) is 0 Å². The lowest BCUT2D eigenvalue weighted by atomic mass is 10.1. The molecule has 0 aliphatic rings. The minimum Gasteiger partial charge on any atom is -0.354 e. The zero-order valence-electron chi connectivity index (χ0n) is 10.8. The smallest absolute Gasteiger partial charge is 0.354 e. The highest BCUT2D eigenvalue weighted by Crippen LogP contribution is 2.33. The van der Waals surface area contributed by atoms with Crippen LogP contribution in [0.4, 0.5) is 23.5 Å². The number of hydrogen-bond donors (Lipinski definition) is 1. The molecule has 0 bridgehead atoms. The van der Waals surface area contributed by atoms with E-state index in [0.717, 1.165) is 6.07 Å². The van der Waals surface area contributed by atoms with E-state index in [1.165, 1.54) is 18.2 Å². The molecule has 0 radical (unpaired) electrons. The molecule has 112 valence electrons. The quantitative estimate of drug-likeness (QED) is 0.816. The van der Waals surface area contributed by atoms with Crippen LogP contribution in [0.2, 0.25) is 0 Å². The zero-order valence-corrected chi connectivity index (χ0v) is 12.4. The average molecular weight is 364 g/mol. The molecule has 0 aliphatic heterocycles. The van der Waals surface area contributed by atoms with Gasteiger partial charge in [-0.05, 0) is 41.1 Å². The molecule has 0 saturated carbocycles. The number of anilines is 1. The summed E-state index contributed by atoms with van der Waals surface area (Å²) in [5.74, 6) is -0.867. The van der Waals surface area contributed by atoms with E-state index in [1.807, 2.05) is 0 Å². The molecule has 21 heavy (non-hydrogen) atoms. The third-order valence-electron chi connectivity index (χ3n) is 2.58. The predicted octanol–water partition coefficient (Wildman–Crippen LogP) is 4.50. The van der Waals surface area contributed by atoms with Crippen molar-refractivity contribution in [1.82, 2.24) is 9.97 Å². The second-order valence-corrected chi connectivity index (χ2v) is 4.95. The summed E-state index contributed by atoms with van der Waals surface area (Å²) in [5.41, 5.74) is -1.29. The molecule has 0 spiro atoms. The molecular formula is C13H10BrF4N3. The number of rotatable bonds is 3. The fourth-order valence-electron chi connectivity index (χ4n) is 1.67. The van der Waals surface area contributed by atoms with E-state index >= 15 is 0 Å². The summed E-state index contributed by atoms with van der Waals surface area (Å²) >= 11 is 2.99. The molecule has 1 heterocycles. The Labute approximate surface area is 126 Å². The van der Waals surface area contributed by atoms with Crippen LogP contribution in [0.5, 0.6) is 0 Å². The van der Waals surface area contributed by atoms with Crippen molar-refractivity contribution in [3.63, 3.8) is 0 Å². The minimum absolute atomic E-state index is 0.0311. The van der Waals surface area contributed by atoms with Gasteiger partial charge in [0.15, 0.2) is 5.69 Å². The van der Waals surface area contributed by atoms with Crippen molar-refractivity contribution in [1.29, 1.82) is 0 Å². The average Bonchev–Trinajstić information content (AvgIpc) is 2.41. The fourth-order valence-corrected chi connectivity index (χ4v) is 2.04. The molecule has 2 aromatic rings. The number of hydrogen-bond acceptors (Lipinski definition) is 3. The maximum absolute atomic E-state index is 14.0. The Morgan fingerprint density at radius 3 is 2.57 bits per heavy atom. The first-order valence-corrected chi connectivity index (χ1v) is 6.76. The van der Waals surface area contributed by atoms with Gasteiger partial charge in [0, 0.05) is 12.1 Å². The van der Waals surface area contributed by atoms with Gasteiger partial charge in [-0.25, -0.2) is 14.4 Å². The largest absolute Gasteiger partial charge is 0.433 e. The predicted molar refractivity (Wildman–Crippen MR) is 74.3 cm³/mol. The summed E-state index contributed by atoms with van der Waals surface area (Å²) in [4.78, 5) is 7.32. The molecule has 1 aromatic heterocycles. The highest BCUT2D eigenvalue weighted by molar-refractivity contribution is 9.10. The molecule has 0 aliphatic carbocycles. The molecule has 0 fully saturated rings. The third-order valence-corrected chi connectivity index (χ3v) is 3.19. The molecule has 0 amide bonds. The molecule has 2 rings (SSSR count). The maximum Gasteiger partial charge on any atom is 0.433 e. The maximum atomic E-state index is 14.0. The number of alkyl halides is 3. The van der Waals surface area contributed by atoms with Crippen LogP contribution in [0.15, 0.2) is 28.7 Å². The highest BCUT2D eigenvalue weighted by atomic mass is 79.9. The Morgan fingerprint density at radius 1 is 1.24 bits per heavy atom. The van der Waals surface area contributed by atoms with Crippen molar-refractivity contribution >= 4 is 21.9 Å². The van der Waals surface area contributed by atoms with Crippen LogP contribution in [0, 0.1) is 5.82 Å². The van der Waals surface area contributed by atoms with E-state index in [9.17, 15) is 17.6 Å². The van der Waals surface area contributed by atoms with Crippen LogP contribution in [-0.4, -0.2) is 16.5 Å². The number of nitrogens with one attached hydrogen (secondary N) is 1. The van der Waals surface area contributed by atoms with Crippen LogP contribution >= 0.6 is 15.9 Å². The van der Waals surface area contributed by atoms with Crippen LogP contribution in [0.25, 0.3) is 11.3 Å². The molecule has 1 aromatic carbocycles. The van der Waals surface area contributed by atoms with E-state index in [-0.39, 0.29) is 21.7 Å². The molecule has 8 heteroatoms. The molecule has 0 saturated heterocycles. The monoisotopic (exact) mass is 363 g/mol. The lowest BCUT2D eigenvalue weighted by molar-refractivity contribution is -0.141. The van der Waals surface area contributed by atoms with Gasteiger partial charge in [0.1, 0.15) is 5.82 Å². The Morgan fingerprint density at radius 2 is 1.95 bits per heavy atom.